The van der Waals surface area contributed by atoms with Gasteiger partial charge < -0.3 is 5.11 Å². The smallest absolute Gasteiger partial charge is 0.262 e. The van der Waals surface area contributed by atoms with E-state index in [-0.39, 0.29) is 16.3 Å². The van der Waals surface area contributed by atoms with Gasteiger partial charge in [0.15, 0.2) is 0 Å². The minimum absolute atomic E-state index is 0.00847. The van der Waals surface area contributed by atoms with Crippen LogP contribution in [0.1, 0.15) is 5.56 Å². The fraction of sp³-hybridized carbons (Fsp3) is 0. The van der Waals surface area contributed by atoms with Crippen molar-refractivity contribution in [3.05, 3.63) is 53.1 Å². The van der Waals surface area contributed by atoms with Gasteiger partial charge in [-0.25, -0.2) is 8.42 Å². The van der Waals surface area contributed by atoms with Crippen molar-refractivity contribution < 1.29 is 13.5 Å². The molecule has 102 valence electrons. The summed E-state index contributed by atoms with van der Waals surface area (Å²) >= 11 is 5.67. The molecule has 5 nitrogen and oxygen atoms in total. The highest BCUT2D eigenvalue weighted by molar-refractivity contribution is 7.92. The molecule has 0 fully saturated rings. The summed E-state index contributed by atoms with van der Waals surface area (Å²) in [5.41, 5.74) is 0.386. The molecule has 0 unspecified atom stereocenters. The van der Waals surface area contributed by atoms with Gasteiger partial charge in [-0.3, -0.25) is 4.72 Å². The predicted octanol–water partition coefficient (Wildman–Crippen LogP) is 2.72. The maximum Gasteiger partial charge on any atom is 0.262 e. The molecule has 0 saturated carbocycles. The lowest BCUT2D eigenvalue weighted by Gasteiger charge is -2.09. The van der Waals surface area contributed by atoms with Crippen molar-refractivity contribution in [2.75, 3.05) is 4.72 Å². The number of phenols is 1. The second-order valence-electron chi connectivity index (χ2n) is 3.90. The Hall–Kier alpha value is -2.23. The Morgan fingerprint density at radius 3 is 2.35 bits per heavy atom. The van der Waals surface area contributed by atoms with Crippen molar-refractivity contribution in [3.8, 4) is 11.8 Å². The first-order chi connectivity index (χ1) is 9.42. The van der Waals surface area contributed by atoms with Crippen LogP contribution < -0.4 is 4.72 Å². The maximum atomic E-state index is 12.1. The van der Waals surface area contributed by atoms with Gasteiger partial charge in [0.25, 0.3) is 10.0 Å². The molecule has 7 heteroatoms. The Labute approximate surface area is 121 Å². The van der Waals surface area contributed by atoms with Crippen LogP contribution in [0.25, 0.3) is 0 Å². The summed E-state index contributed by atoms with van der Waals surface area (Å²) in [7, 11) is -3.84. The van der Waals surface area contributed by atoms with E-state index in [0.29, 0.717) is 10.6 Å². The van der Waals surface area contributed by atoms with Crippen LogP contribution in [0.2, 0.25) is 5.02 Å². The molecule has 0 aromatic heterocycles. The van der Waals surface area contributed by atoms with Crippen LogP contribution in [0.3, 0.4) is 0 Å². The fourth-order valence-electron chi connectivity index (χ4n) is 1.50. The highest BCUT2D eigenvalue weighted by atomic mass is 35.5. The van der Waals surface area contributed by atoms with Gasteiger partial charge in [0, 0.05) is 11.1 Å². The van der Waals surface area contributed by atoms with E-state index >= 15 is 0 Å². The molecule has 0 radical (unpaired) electrons. The molecule has 0 heterocycles. The van der Waals surface area contributed by atoms with E-state index in [1.807, 2.05) is 6.07 Å². The molecule has 0 amide bonds. The molecular weight excluding hydrogens is 300 g/mol. The van der Waals surface area contributed by atoms with Crippen molar-refractivity contribution in [1.82, 2.24) is 0 Å². The Balaban J connectivity index is 2.33. The number of rotatable bonds is 3. The largest absolute Gasteiger partial charge is 0.506 e. The van der Waals surface area contributed by atoms with E-state index in [0.717, 1.165) is 0 Å². The molecule has 2 N–H and O–H groups in total. The van der Waals surface area contributed by atoms with Crippen molar-refractivity contribution in [1.29, 1.82) is 5.26 Å². The second-order valence-corrected chi connectivity index (χ2v) is 6.02. The summed E-state index contributed by atoms with van der Waals surface area (Å²) in [6, 6.07) is 11.4. The first kappa shape index (κ1) is 14.2. The van der Waals surface area contributed by atoms with Gasteiger partial charge in [0.1, 0.15) is 5.75 Å². The van der Waals surface area contributed by atoms with E-state index in [9.17, 15) is 13.5 Å². The SMILES string of the molecule is N#Cc1ccc(S(=O)(=O)Nc2ccc(Cl)cc2O)cc1. The number of halogens is 1. The lowest BCUT2D eigenvalue weighted by atomic mass is 10.2. The van der Waals surface area contributed by atoms with Crippen LogP contribution in [0.4, 0.5) is 5.69 Å². The van der Waals surface area contributed by atoms with E-state index in [1.165, 1.54) is 42.5 Å². The fourth-order valence-corrected chi connectivity index (χ4v) is 2.74. The standard InChI is InChI=1S/C13H9ClN2O3S/c14-10-3-6-12(13(17)7-10)16-20(18,19)11-4-1-9(8-15)2-5-11/h1-7,16-17H. The van der Waals surface area contributed by atoms with Gasteiger partial charge in [0.2, 0.25) is 0 Å². The molecule has 2 aromatic rings. The van der Waals surface area contributed by atoms with Gasteiger partial charge in [-0.1, -0.05) is 11.6 Å². The Bertz CT molecular complexity index is 780. The van der Waals surface area contributed by atoms with Crippen molar-refractivity contribution in [2.24, 2.45) is 0 Å². The molecule has 20 heavy (non-hydrogen) atoms. The second kappa shape index (κ2) is 5.41. The molecule has 0 aliphatic carbocycles. The van der Waals surface area contributed by atoms with Crippen LogP contribution >= 0.6 is 11.6 Å². The summed E-state index contributed by atoms with van der Waals surface area (Å²) in [5.74, 6) is -0.269. The van der Waals surface area contributed by atoms with Gasteiger partial charge in [-0.2, -0.15) is 5.26 Å². The lowest BCUT2D eigenvalue weighted by molar-refractivity contribution is 0.477. The minimum atomic E-state index is -3.84. The normalized spacial score (nSPS) is 10.8. The van der Waals surface area contributed by atoms with Crippen LogP contribution in [0.5, 0.6) is 5.75 Å². The highest BCUT2D eigenvalue weighted by Gasteiger charge is 2.16. The number of sulfonamides is 1. The first-order valence-corrected chi connectivity index (χ1v) is 7.30. The Morgan fingerprint density at radius 2 is 1.80 bits per heavy atom. The average Bonchev–Trinajstić information content (AvgIpc) is 2.42. The van der Waals surface area contributed by atoms with Crippen LogP contribution in [0, 0.1) is 11.3 Å². The van der Waals surface area contributed by atoms with Crippen molar-refractivity contribution in [2.45, 2.75) is 4.90 Å². The van der Waals surface area contributed by atoms with Crippen LogP contribution in [0.15, 0.2) is 47.4 Å². The molecular formula is C13H9ClN2O3S. The quantitative estimate of drug-likeness (QED) is 0.853. The molecule has 2 aromatic carbocycles. The van der Waals surface area contributed by atoms with Crippen molar-refractivity contribution >= 4 is 27.3 Å². The summed E-state index contributed by atoms with van der Waals surface area (Å²) < 4.78 is 26.4. The highest BCUT2D eigenvalue weighted by Crippen LogP contribution is 2.28. The molecule has 0 atom stereocenters. The average molecular weight is 309 g/mol. The predicted molar refractivity (Wildman–Crippen MR) is 75.1 cm³/mol. The number of aromatic hydroxyl groups is 1. The van der Waals surface area contributed by atoms with Gasteiger partial charge in [-0.05, 0) is 36.4 Å². The molecule has 0 bridgehead atoms. The van der Waals surface area contributed by atoms with Gasteiger partial charge in [-0.15, -0.1) is 0 Å². The third kappa shape index (κ3) is 3.02. The summed E-state index contributed by atoms with van der Waals surface area (Å²) in [4.78, 5) is -0.00847. The number of anilines is 1. The zero-order valence-corrected chi connectivity index (χ0v) is 11.6. The third-order valence-corrected chi connectivity index (χ3v) is 4.11. The van der Waals surface area contributed by atoms with Gasteiger partial charge >= 0.3 is 0 Å². The molecule has 0 saturated heterocycles. The molecule has 0 spiro atoms. The number of phenolic OH excluding ortho intramolecular Hbond substituents is 1. The minimum Gasteiger partial charge on any atom is -0.506 e. The summed E-state index contributed by atoms with van der Waals surface area (Å²) in [6.07, 6.45) is 0. The number of hydrogen-bond donors (Lipinski definition) is 2. The Kier molecular flexibility index (Phi) is 3.84. The third-order valence-electron chi connectivity index (χ3n) is 2.50. The first-order valence-electron chi connectivity index (χ1n) is 5.44. The van der Waals surface area contributed by atoms with Crippen molar-refractivity contribution in [3.63, 3.8) is 0 Å². The number of nitrogens with zero attached hydrogens (tertiary/aromatic N) is 1. The van der Waals surface area contributed by atoms with E-state index in [4.69, 9.17) is 16.9 Å². The molecule has 0 aliphatic heterocycles. The zero-order chi connectivity index (χ0) is 14.8. The topological polar surface area (TPSA) is 90.2 Å². The van der Waals surface area contributed by atoms with E-state index in [1.54, 1.807) is 0 Å². The Morgan fingerprint density at radius 1 is 1.15 bits per heavy atom. The van der Waals surface area contributed by atoms with Gasteiger partial charge in [0.05, 0.1) is 22.2 Å². The maximum absolute atomic E-state index is 12.1. The number of nitrogens with one attached hydrogen (secondary N) is 1. The summed E-state index contributed by atoms with van der Waals surface area (Å²) in [6.45, 7) is 0. The summed E-state index contributed by atoms with van der Waals surface area (Å²) in [5, 5.41) is 18.6. The zero-order valence-electron chi connectivity index (χ0n) is 10.0. The monoisotopic (exact) mass is 308 g/mol. The molecule has 0 aliphatic rings. The molecule has 2 rings (SSSR count). The number of benzene rings is 2. The number of nitriles is 1. The van der Waals surface area contributed by atoms with Crippen LogP contribution in [-0.4, -0.2) is 13.5 Å². The van der Waals surface area contributed by atoms with E-state index in [2.05, 4.69) is 4.72 Å². The van der Waals surface area contributed by atoms with Crippen LogP contribution in [-0.2, 0) is 10.0 Å². The number of hydrogen-bond acceptors (Lipinski definition) is 4. The van der Waals surface area contributed by atoms with E-state index < -0.39 is 10.0 Å². The lowest BCUT2D eigenvalue weighted by Crippen LogP contribution is -2.12.